The van der Waals surface area contributed by atoms with Crippen LogP contribution in [0.4, 0.5) is 5.69 Å². The molecule has 0 radical (unpaired) electrons. The quantitative estimate of drug-likeness (QED) is 0.208. The second-order valence-corrected chi connectivity index (χ2v) is 11.9. The second kappa shape index (κ2) is 12.8. The van der Waals surface area contributed by atoms with Gasteiger partial charge in [-0.1, -0.05) is 11.8 Å². The minimum absolute atomic E-state index is 0.0737. The molecule has 4 aromatic rings. The van der Waals surface area contributed by atoms with E-state index in [1.165, 1.54) is 12.1 Å². The molecule has 0 saturated carbocycles. The van der Waals surface area contributed by atoms with Gasteiger partial charge in [0.25, 0.3) is 5.91 Å². The number of amides is 1. The maximum Gasteiger partial charge on any atom is 0.251 e. The maximum absolute atomic E-state index is 13.4. The van der Waals surface area contributed by atoms with Gasteiger partial charge in [-0.05, 0) is 66.9 Å². The average molecular weight is 572 g/mol. The largest absolute Gasteiger partial charge is 0.369 e. The molecule has 0 unspecified atom stereocenters. The number of hydrogen-bond acceptors (Lipinski definition) is 7. The molecule has 41 heavy (non-hydrogen) atoms. The molecule has 212 valence electrons. The molecule has 10 nitrogen and oxygen atoms in total. The fourth-order valence-corrected chi connectivity index (χ4v) is 6.10. The number of hydrogen-bond donors (Lipinski definition) is 3. The molecule has 1 fully saturated rings. The molecule has 11 heteroatoms. The third-order valence-electron chi connectivity index (χ3n) is 6.86. The second-order valence-electron chi connectivity index (χ2n) is 9.95. The number of anilines is 1. The number of aryl methyl sites for hydroxylation is 2. The van der Waals surface area contributed by atoms with Crippen LogP contribution in [0.25, 0.3) is 0 Å². The van der Waals surface area contributed by atoms with Gasteiger partial charge in [-0.2, -0.15) is 10.2 Å². The summed E-state index contributed by atoms with van der Waals surface area (Å²) in [6.07, 6.45) is 6.82. The zero-order valence-corrected chi connectivity index (χ0v) is 23.7. The van der Waals surface area contributed by atoms with E-state index in [2.05, 4.69) is 42.7 Å². The minimum Gasteiger partial charge on any atom is -0.369 e. The van der Waals surface area contributed by atoms with E-state index in [0.29, 0.717) is 17.8 Å². The Kier molecular flexibility index (Phi) is 8.82. The Morgan fingerprint density at radius 2 is 1.88 bits per heavy atom. The third-order valence-corrected chi connectivity index (χ3v) is 8.56. The molecule has 0 atom stereocenters. The molecule has 2 aromatic heterocycles. The molecule has 5 rings (SSSR count). The summed E-state index contributed by atoms with van der Waals surface area (Å²) in [5.74, 6) is 5.59. The Labute approximate surface area is 240 Å². The lowest BCUT2D eigenvalue weighted by molar-refractivity contribution is 0.0953. The van der Waals surface area contributed by atoms with Crippen LogP contribution in [0.15, 0.2) is 72.0 Å². The van der Waals surface area contributed by atoms with Crippen molar-refractivity contribution in [2.45, 2.75) is 23.5 Å². The first kappa shape index (κ1) is 28.1. The van der Waals surface area contributed by atoms with Gasteiger partial charge in [-0.15, -0.1) is 0 Å². The summed E-state index contributed by atoms with van der Waals surface area (Å²) in [7, 11) is -2.04. The van der Waals surface area contributed by atoms with Crippen molar-refractivity contribution in [3.05, 3.63) is 95.1 Å². The number of carbonyl (C=O) groups excluding carboxylic acids is 1. The zero-order chi connectivity index (χ0) is 28.7. The summed E-state index contributed by atoms with van der Waals surface area (Å²) >= 11 is 0. The van der Waals surface area contributed by atoms with Crippen molar-refractivity contribution in [3.63, 3.8) is 0 Å². The van der Waals surface area contributed by atoms with Crippen molar-refractivity contribution in [2.24, 2.45) is 7.05 Å². The number of carbonyl (C=O) groups is 1. The highest BCUT2D eigenvalue weighted by Gasteiger charge is 2.22. The van der Waals surface area contributed by atoms with Gasteiger partial charge in [0.2, 0.25) is 0 Å². The Hall–Kier alpha value is -4.40. The van der Waals surface area contributed by atoms with Crippen molar-refractivity contribution >= 4 is 21.4 Å². The maximum atomic E-state index is 13.4. The van der Waals surface area contributed by atoms with E-state index in [1.54, 1.807) is 36.3 Å². The van der Waals surface area contributed by atoms with Gasteiger partial charge in [0, 0.05) is 74.5 Å². The number of sulfone groups is 1. The number of benzene rings is 2. The van der Waals surface area contributed by atoms with Crippen LogP contribution in [0.1, 0.15) is 39.2 Å². The van der Waals surface area contributed by atoms with Gasteiger partial charge in [0.1, 0.15) is 0 Å². The Morgan fingerprint density at radius 3 is 2.59 bits per heavy atom. The summed E-state index contributed by atoms with van der Waals surface area (Å²) in [6.45, 7) is 4.27. The normalized spacial score (nSPS) is 13.4. The first-order valence-corrected chi connectivity index (χ1v) is 15.2. The molecule has 2 aromatic carbocycles. The number of piperazine rings is 1. The molecule has 0 spiro atoms. The van der Waals surface area contributed by atoms with Crippen LogP contribution in [-0.2, 0) is 29.1 Å². The lowest BCUT2D eigenvalue weighted by Gasteiger charge is -2.29. The van der Waals surface area contributed by atoms with Crippen LogP contribution in [0.2, 0.25) is 0 Å². The van der Waals surface area contributed by atoms with Gasteiger partial charge in [-0.25, -0.2) is 8.42 Å². The number of aromatic amines is 1. The van der Waals surface area contributed by atoms with Gasteiger partial charge in [-0.3, -0.25) is 14.6 Å². The molecular formula is C30H33N7O3S. The lowest BCUT2D eigenvalue weighted by atomic mass is 10.1. The molecule has 1 amide bonds. The van der Waals surface area contributed by atoms with E-state index in [0.717, 1.165) is 55.8 Å². The highest BCUT2D eigenvalue weighted by molar-refractivity contribution is 7.90. The SMILES string of the molecule is Cn1ccc(CS(=O)(=O)c2ccc(C(=O)NCCCc3cn[nH]c3)cc2C#Cc2ccc(N3CCNCC3)cc2)n1. The van der Waals surface area contributed by atoms with E-state index in [-0.39, 0.29) is 22.1 Å². The molecule has 1 aliphatic heterocycles. The topological polar surface area (TPSA) is 125 Å². The van der Waals surface area contributed by atoms with Crippen molar-refractivity contribution in [1.29, 1.82) is 0 Å². The van der Waals surface area contributed by atoms with Crippen molar-refractivity contribution in [1.82, 2.24) is 30.6 Å². The monoisotopic (exact) mass is 571 g/mol. The predicted octanol–water partition coefficient (Wildman–Crippen LogP) is 2.29. The Balaban J connectivity index is 1.37. The third kappa shape index (κ3) is 7.42. The Morgan fingerprint density at radius 1 is 1.07 bits per heavy atom. The highest BCUT2D eigenvalue weighted by Crippen LogP contribution is 2.22. The molecular weight excluding hydrogens is 538 g/mol. The average Bonchev–Trinajstić information content (AvgIpc) is 3.66. The first-order valence-electron chi connectivity index (χ1n) is 13.6. The number of rotatable bonds is 9. The van der Waals surface area contributed by atoms with E-state index < -0.39 is 9.84 Å². The summed E-state index contributed by atoms with van der Waals surface area (Å²) < 4.78 is 28.4. The highest BCUT2D eigenvalue weighted by atomic mass is 32.2. The number of nitrogens with one attached hydrogen (secondary N) is 3. The van der Waals surface area contributed by atoms with Crippen LogP contribution >= 0.6 is 0 Å². The smallest absolute Gasteiger partial charge is 0.251 e. The molecule has 0 bridgehead atoms. The van der Waals surface area contributed by atoms with Crippen molar-refractivity contribution < 1.29 is 13.2 Å². The summed E-state index contributed by atoms with van der Waals surface area (Å²) in [4.78, 5) is 15.3. The lowest BCUT2D eigenvalue weighted by Crippen LogP contribution is -2.43. The molecule has 1 saturated heterocycles. The van der Waals surface area contributed by atoms with Crippen LogP contribution in [-0.4, -0.2) is 67.0 Å². The summed E-state index contributed by atoms with van der Waals surface area (Å²) in [5.41, 5.74) is 4.02. The fourth-order valence-electron chi connectivity index (χ4n) is 4.68. The standard InChI is InChI=1S/C30H33N7O3S/c1-36-16-12-27(35-36)22-41(39,40)29-11-8-26(30(38)32-13-2-3-24-20-33-34-21-24)19-25(29)7-4-23-5-9-28(10-6-23)37-17-14-31-15-18-37/h5-6,8-12,16,19-21,31H,2-3,13-15,17-18,22H2,1H3,(H,32,38)(H,33,34). The summed E-state index contributed by atoms with van der Waals surface area (Å²) in [5, 5.41) is 17.2. The number of nitrogens with zero attached hydrogens (tertiary/aromatic N) is 4. The molecule has 3 heterocycles. The Bertz CT molecular complexity index is 1640. The van der Waals surface area contributed by atoms with E-state index in [1.807, 2.05) is 30.5 Å². The molecule has 3 N–H and O–H groups in total. The number of aromatic nitrogens is 4. The number of H-pyrrole nitrogens is 1. The van der Waals surface area contributed by atoms with E-state index in [4.69, 9.17) is 0 Å². The van der Waals surface area contributed by atoms with E-state index >= 15 is 0 Å². The van der Waals surface area contributed by atoms with Crippen LogP contribution in [0.3, 0.4) is 0 Å². The van der Waals surface area contributed by atoms with Crippen LogP contribution < -0.4 is 15.5 Å². The fraction of sp³-hybridized carbons (Fsp3) is 0.300. The summed E-state index contributed by atoms with van der Waals surface area (Å²) in [6, 6.07) is 14.2. The first-order chi connectivity index (χ1) is 19.9. The minimum atomic E-state index is -3.78. The molecule has 1 aliphatic rings. The van der Waals surface area contributed by atoms with Gasteiger partial charge >= 0.3 is 0 Å². The zero-order valence-electron chi connectivity index (χ0n) is 22.9. The van der Waals surface area contributed by atoms with Crippen molar-refractivity contribution in [3.8, 4) is 11.8 Å². The van der Waals surface area contributed by atoms with E-state index in [9.17, 15) is 13.2 Å². The van der Waals surface area contributed by atoms with Gasteiger partial charge < -0.3 is 15.5 Å². The van der Waals surface area contributed by atoms with Gasteiger partial charge in [0.15, 0.2) is 9.84 Å². The predicted molar refractivity (Wildman–Crippen MR) is 157 cm³/mol. The van der Waals surface area contributed by atoms with Crippen molar-refractivity contribution in [2.75, 3.05) is 37.6 Å². The van der Waals surface area contributed by atoms with Gasteiger partial charge in [0.05, 0.1) is 22.5 Å². The van der Waals surface area contributed by atoms with Crippen LogP contribution in [0, 0.1) is 11.8 Å². The molecule has 0 aliphatic carbocycles. The van der Waals surface area contributed by atoms with Crippen LogP contribution in [0.5, 0.6) is 0 Å².